The molecule has 4 rings (SSSR count). The molecule has 1 unspecified atom stereocenters. The van der Waals surface area contributed by atoms with Gasteiger partial charge in [0.25, 0.3) is 10.0 Å². The lowest BCUT2D eigenvalue weighted by Gasteiger charge is -2.17. The molecule has 0 aliphatic rings. The minimum absolute atomic E-state index is 0.176. The van der Waals surface area contributed by atoms with Crippen molar-refractivity contribution in [2.75, 3.05) is 10.0 Å². The number of rotatable bonds is 8. The molecule has 172 valence electrons. The Bertz CT molecular complexity index is 1350. The molecule has 4 aromatic rings. The SMILES string of the molecule is O=C(Nc1ccc(F)cc1)C(Sc1ccc(NS(=O)(=O)c2ccccc2)cc1)c1ccccc1. The van der Waals surface area contributed by atoms with E-state index in [0.29, 0.717) is 11.4 Å². The molecule has 8 heteroatoms. The van der Waals surface area contributed by atoms with Crippen molar-refractivity contribution in [1.82, 2.24) is 0 Å². The third-order valence-electron chi connectivity index (χ3n) is 4.87. The van der Waals surface area contributed by atoms with E-state index in [9.17, 15) is 17.6 Å². The molecule has 0 fully saturated rings. The first kappa shape index (κ1) is 23.5. The van der Waals surface area contributed by atoms with Gasteiger partial charge in [-0.25, -0.2) is 12.8 Å². The molecule has 0 bridgehead atoms. The Balaban J connectivity index is 1.51. The number of hydrogen-bond donors (Lipinski definition) is 2. The highest BCUT2D eigenvalue weighted by molar-refractivity contribution is 8.00. The maximum atomic E-state index is 13.2. The van der Waals surface area contributed by atoms with Crippen LogP contribution in [0.4, 0.5) is 15.8 Å². The number of amides is 1. The largest absolute Gasteiger partial charge is 0.325 e. The molecule has 0 spiro atoms. The lowest BCUT2D eigenvalue weighted by molar-refractivity contribution is -0.115. The summed E-state index contributed by atoms with van der Waals surface area (Å²) in [7, 11) is -3.69. The number of halogens is 1. The van der Waals surface area contributed by atoms with Crippen LogP contribution in [-0.4, -0.2) is 14.3 Å². The van der Waals surface area contributed by atoms with E-state index in [1.165, 1.54) is 48.2 Å². The first-order chi connectivity index (χ1) is 16.4. The molecule has 0 saturated heterocycles. The second kappa shape index (κ2) is 10.5. The van der Waals surface area contributed by atoms with Crippen LogP contribution < -0.4 is 10.0 Å². The van der Waals surface area contributed by atoms with Crippen LogP contribution in [0.3, 0.4) is 0 Å². The maximum Gasteiger partial charge on any atom is 0.261 e. The van der Waals surface area contributed by atoms with Gasteiger partial charge >= 0.3 is 0 Å². The second-order valence-electron chi connectivity index (χ2n) is 7.35. The van der Waals surface area contributed by atoms with Crippen LogP contribution in [-0.2, 0) is 14.8 Å². The maximum absolute atomic E-state index is 13.2. The number of carbonyl (C=O) groups is 1. The molecule has 4 aromatic carbocycles. The van der Waals surface area contributed by atoms with Gasteiger partial charge in [0.05, 0.1) is 4.90 Å². The zero-order chi connectivity index (χ0) is 24.0. The predicted octanol–water partition coefficient (Wildman–Crippen LogP) is 6.10. The average molecular weight is 493 g/mol. The van der Waals surface area contributed by atoms with Gasteiger partial charge in [0.15, 0.2) is 0 Å². The van der Waals surface area contributed by atoms with Crippen LogP contribution in [0.25, 0.3) is 0 Å². The Morgan fingerprint density at radius 2 is 1.29 bits per heavy atom. The summed E-state index contributed by atoms with van der Waals surface area (Å²) in [6, 6.07) is 29.9. The normalized spacial score (nSPS) is 12.0. The van der Waals surface area contributed by atoms with Crippen molar-refractivity contribution in [3.8, 4) is 0 Å². The lowest BCUT2D eigenvalue weighted by Crippen LogP contribution is -2.19. The molecule has 1 atom stereocenters. The summed E-state index contributed by atoms with van der Waals surface area (Å²) in [4.78, 5) is 14.1. The Kier molecular flexibility index (Phi) is 7.30. The Hall–Kier alpha value is -3.62. The molecule has 5 nitrogen and oxygen atoms in total. The summed E-state index contributed by atoms with van der Waals surface area (Å²) in [5, 5.41) is 2.26. The Labute approximate surface area is 202 Å². The molecule has 0 aliphatic heterocycles. The number of benzene rings is 4. The van der Waals surface area contributed by atoms with Crippen molar-refractivity contribution in [2.45, 2.75) is 15.0 Å². The molecule has 2 N–H and O–H groups in total. The summed E-state index contributed by atoms with van der Waals surface area (Å²) >= 11 is 1.33. The van der Waals surface area contributed by atoms with Crippen LogP contribution in [0.5, 0.6) is 0 Å². The molecule has 0 aromatic heterocycles. The van der Waals surface area contributed by atoms with Crippen molar-refractivity contribution in [3.05, 3.63) is 121 Å². The third-order valence-corrected chi connectivity index (χ3v) is 7.53. The van der Waals surface area contributed by atoms with Gasteiger partial charge in [0, 0.05) is 16.3 Å². The fourth-order valence-corrected chi connectivity index (χ4v) is 5.30. The summed E-state index contributed by atoms with van der Waals surface area (Å²) in [5.41, 5.74) is 1.72. The molecule has 0 aliphatic carbocycles. The van der Waals surface area contributed by atoms with Crippen molar-refractivity contribution >= 4 is 39.1 Å². The van der Waals surface area contributed by atoms with Crippen molar-refractivity contribution in [3.63, 3.8) is 0 Å². The van der Waals surface area contributed by atoms with Gasteiger partial charge in [-0.15, -0.1) is 11.8 Å². The zero-order valence-electron chi connectivity index (χ0n) is 17.9. The summed E-state index contributed by atoms with van der Waals surface area (Å²) < 4.78 is 40.8. The number of anilines is 2. The van der Waals surface area contributed by atoms with Crippen LogP contribution in [0.1, 0.15) is 10.8 Å². The quantitative estimate of drug-likeness (QED) is 0.292. The first-order valence-corrected chi connectivity index (χ1v) is 12.7. The minimum atomic E-state index is -3.69. The summed E-state index contributed by atoms with van der Waals surface area (Å²) in [6.07, 6.45) is 0. The molecular weight excluding hydrogens is 471 g/mol. The Morgan fingerprint density at radius 3 is 1.91 bits per heavy atom. The van der Waals surface area contributed by atoms with E-state index in [4.69, 9.17) is 0 Å². The molecular formula is C26H21FN2O3S2. The molecule has 0 radical (unpaired) electrons. The topological polar surface area (TPSA) is 75.3 Å². The van der Waals surface area contributed by atoms with Crippen LogP contribution in [0, 0.1) is 5.82 Å². The van der Waals surface area contributed by atoms with E-state index in [1.807, 2.05) is 30.3 Å². The molecule has 1 amide bonds. The van der Waals surface area contributed by atoms with E-state index >= 15 is 0 Å². The number of nitrogens with one attached hydrogen (secondary N) is 2. The van der Waals surface area contributed by atoms with Gasteiger partial charge in [-0.1, -0.05) is 48.5 Å². The number of carbonyl (C=O) groups excluding carboxylic acids is 1. The van der Waals surface area contributed by atoms with Gasteiger partial charge in [-0.2, -0.15) is 0 Å². The fourth-order valence-electron chi connectivity index (χ4n) is 3.19. The van der Waals surface area contributed by atoms with Crippen LogP contribution in [0.2, 0.25) is 0 Å². The van der Waals surface area contributed by atoms with Gasteiger partial charge in [-0.3, -0.25) is 9.52 Å². The van der Waals surface area contributed by atoms with E-state index in [2.05, 4.69) is 10.0 Å². The number of hydrogen-bond acceptors (Lipinski definition) is 4. The van der Waals surface area contributed by atoms with Crippen molar-refractivity contribution < 1.29 is 17.6 Å². The lowest BCUT2D eigenvalue weighted by atomic mass is 10.1. The smallest absolute Gasteiger partial charge is 0.261 e. The van der Waals surface area contributed by atoms with E-state index < -0.39 is 15.3 Å². The molecule has 0 heterocycles. The van der Waals surface area contributed by atoms with Crippen molar-refractivity contribution in [2.24, 2.45) is 0 Å². The van der Waals surface area contributed by atoms with Crippen molar-refractivity contribution in [1.29, 1.82) is 0 Å². The highest BCUT2D eigenvalue weighted by atomic mass is 32.2. The van der Waals surface area contributed by atoms with E-state index in [1.54, 1.807) is 42.5 Å². The highest BCUT2D eigenvalue weighted by Crippen LogP contribution is 2.37. The number of thioether (sulfide) groups is 1. The minimum Gasteiger partial charge on any atom is -0.325 e. The molecule has 0 saturated carbocycles. The van der Waals surface area contributed by atoms with Gasteiger partial charge in [0.1, 0.15) is 11.1 Å². The van der Waals surface area contributed by atoms with Gasteiger partial charge in [-0.05, 0) is 66.2 Å². The van der Waals surface area contributed by atoms with E-state index in [0.717, 1.165) is 10.5 Å². The highest BCUT2D eigenvalue weighted by Gasteiger charge is 2.22. The van der Waals surface area contributed by atoms with Crippen LogP contribution in [0.15, 0.2) is 119 Å². The molecule has 34 heavy (non-hydrogen) atoms. The second-order valence-corrected chi connectivity index (χ2v) is 10.2. The zero-order valence-corrected chi connectivity index (χ0v) is 19.5. The average Bonchev–Trinajstić information content (AvgIpc) is 2.86. The summed E-state index contributed by atoms with van der Waals surface area (Å²) in [5.74, 6) is -0.633. The fraction of sp³-hybridized carbons (Fsp3) is 0.0385. The standard InChI is InChI=1S/C26H21FN2O3S2/c27-20-11-13-21(14-12-20)28-26(30)25(19-7-3-1-4-8-19)33-23-17-15-22(16-18-23)29-34(31,32)24-9-5-2-6-10-24/h1-18,25,29H,(H,28,30). The van der Waals surface area contributed by atoms with E-state index in [-0.39, 0.29) is 16.6 Å². The Morgan fingerprint density at radius 1 is 0.735 bits per heavy atom. The van der Waals surface area contributed by atoms with Crippen LogP contribution >= 0.6 is 11.8 Å². The summed E-state index contributed by atoms with van der Waals surface area (Å²) in [6.45, 7) is 0. The monoisotopic (exact) mass is 492 g/mol. The van der Waals surface area contributed by atoms with Gasteiger partial charge < -0.3 is 5.32 Å². The predicted molar refractivity (Wildman–Crippen MR) is 134 cm³/mol. The third kappa shape index (κ3) is 6.03. The number of sulfonamides is 1. The first-order valence-electron chi connectivity index (χ1n) is 10.4. The van der Waals surface area contributed by atoms with Gasteiger partial charge in [0.2, 0.25) is 5.91 Å².